The van der Waals surface area contributed by atoms with Gasteiger partial charge in [-0.2, -0.15) is 0 Å². The van der Waals surface area contributed by atoms with Gasteiger partial charge in [-0.15, -0.1) is 0 Å². The van der Waals surface area contributed by atoms with Crippen LogP contribution in [-0.4, -0.2) is 15.1 Å². The van der Waals surface area contributed by atoms with Crippen molar-refractivity contribution in [3.05, 3.63) is 53.4 Å². The lowest BCUT2D eigenvalue weighted by molar-refractivity contribution is 0.277. The third-order valence-electron chi connectivity index (χ3n) is 2.14. The molecule has 1 aromatic carbocycles. The van der Waals surface area contributed by atoms with Crippen LogP contribution in [0.15, 0.2) is 30.5 Å². The van der Waals surface area contributed by atoms with E-state index in [2.05, 4.69) is 9.97 Å². The summed E-state index contributed by atoms with van der Waals surface area (Å²) in [6.07, 6.45) is 2.21. The van der Waals surface area contributed by atoms with Gasteiger partial charge in [0.15, 0.2) is 0 Å². The first kappa shape index (κ1) is 9.86. The summed E-state index contributed by atoms with van der Waals surface area (Å²) in [7, 11) is 0. The predicted molar refractivity (Wildman–Crippen MR) is 53.7 cm³/mol. The molecule has 0 amide bonds. The predicted octanol–water partition coefficient (Wildman–Crippen LogP) is 1.63. The molecule has 1 heterocycles. The van der Waals surface area contributed by atoms with Gasteiger partial charge in [0.2, 0.25) is 0 Å². The van der Waals surface area contributed by atoms with E-state index in [1.807, 2.05) is 0 Å². The maximum Gasteiger partial charge on any atom is 0.123 e. The van der Waals surface area contributed by atoms with Gasteiger partial charge >= 0.3 is 0 Å². The fourth-order valence-corrected chi connectivity index (χ4v) is 1.37. The average molecular weight is 206 g/mol. The fraction of sp³-hybridized carbons (Fsp3) is 0.182. The summed E-state index contributed by atoms with van der Waals surface area (Å²) in [5.41, 5.74) is 1.67. The van der Waals surface area contributed by atoms with E-state index >= 15 is 0 Å². The summed E-state index contributed by atoms with van der Waals surface area (Å²) in [6.45, 7) is -0.0452. The zero-order valence-corrected chi connectivity index (χ0v) is 8.07. The standard InChI is InChI=1S/C11H11FN2O/c12-9-3-1-8(2-4-9)5-11-13-6-10(7-15)14-11/h1-4,6,15H,5,7H2,(H,13,14). The molecule has 0 spiro atoms. The average Bonchev–Trinajstić information content (AvgIpc) is 2.69. The van der Waals surface area contributed by atoms with Gasteiger partial charge in [0, 0.05) is 6.42 Å². The van der Waals surface area contributed by atoms with Crippen molar-refractivity contribution in [3.8, 4) is 0 Å². The lowest BCUT2D eigenvalue weighted by Gasteiger charge is -1.97. The Kier molecular flexibility index (Phi) is 2.78. The molecule has 2 aromatic rings. The van der Waals surface area contributed by atoms with Gasteiger partial charge < -0.3 is 10.1 Å². The van der Waals surface area contributed by atoms with Crippen molar-refractivity contribution in [3.63, 3.8) is 0 Å². The van der Waals surface area contributed by atoms with Gasteiger partial charge in [0.1, 0.15) is 11.6 Å². The number of rotatable bonds is 3. The molecule has 0 aliphatic heterocycles. The molecule has 0 atom stereocenters. The van der Waals surface area contributed by atoms with E-state index in [9.17, 15) is 4.39 Å². The number of hydrogen-bond donors (Lipinski definition) is 2. The van der Waals surface area contributed by atoms with Crippen LogP contribution in [0.25, 0.3) is 0 Å². The number of hydrogen-bond acceptors (Lipinski definition) is 2. The molecule has 3 nitrogen and oxygen atoms in total. The van der Waals surface area contributed by atoms with Gasteiger partial charge in [-0.3, -0.25) is 0 Å². The van der Waals surface area contributed by atoms with Gasteiger partial charge in [-0.25, -0.2) is 9.37 Å². The van der Waals surface area contributed by atoms with E-state index < -0.39 is 0 Å². The Morgan fingerprint density at radius 2 is 2.00 bits per heavy atom. The minimum atomic E-state index is -0.241. The number of nitrogens with one attached hydrogen (secondary N) is 1. The van der Waals surface area contributed by atoms with E-state index in [0.29, 0.717) is 12.1 Å². The summed E-state index contributed by atoms with van der Waals surface area (Å²) in [5, 5.41) is 8.83. The van der Waals surface area contributed by atoms with Crippen LogP contribution < -0.4 is 0 Å². The number of aromatic amines is 1. The number of imidazole rings is 1. The summed E-state index contributed by atoms with van der Waals surface area (Å²) in [5.74, 6) is 0.528. The lowest BCUT2D eigenvalue weighted by atomic mass is 10.1. The van der Waals surface area contributed by atoms with Crippen LogP contribution in [0.1, 0.15) is 17.1 Å². The van der Waals surface area contributed by atoms with Crippen LogP contribution >= 0.6 is 0 Å². The molecule has 0 radical (unpaired) electrons. The quantitative estimate of drug-likeness (QED) is 0.801. The molecular formula is C11H11FN2O. The molecule has 2 N–H and O–H groups in total. The van der Waals surface area contributed by atoms with E-state index in [1.165, 1.54) is 12.1 Å². The van der Waals surface area contributed by atoms with Crippen LogP contribution in [-0.2, 0) is 13.0 Å². The third kappa shape index (κ3) is 2.41. The van der Waals surface area contributed by atoms with Crippen LogP contribution in [0, 0.1) is 5.82 Å². The number of aliphatic hydroxyl groups is 1. The Morgan fingerprint density at radius 3 is 2.60 bits per heavy atom. The largest absolute Gasteiger partial charge is 0.390 e. The van der Waals surface area contributed by atoms with Crippen LogP contribution in [0.3, 0.4) is 0 Å². The van der Waals surface area contributed by atoms with Crippen LogP contribution in [0.5, 0.6) is 0 Å². The van der Waals surface area contributed by atoms with Gasteiger partial charge in [-0.1, -0.05) is 12.1 Å². The smallest absolute Gasteiger partial charge is 0.123 e. The first-order valence-corrected chi connectivity index (χ1v) is 4.66. The van der Waals surface area contributed by atoms with E-state index in [0.717, 1.165) is 11.4 Å². The molecule has 2 rings (SSSR count). The number of H-pyrrole nitrogens is 1. The number of aromatic nitrogens is 2. The molecule has 0 aliphatic carbocycles. The molecule has 4 heteroatoms. The maximum atomic E-state index is 12.6. The van der Waals surface area contributed by atoms with Crippen LogP contribution in [0.4, 0.5) is 4.39 Å². The maximum absolute atomic E-state index is 12.6. The molecular weight excluding hydrogens is 195 g/mol. The summed E-state index contributed by atoms with van der Waals surface area (Å²) >= 11 is 0. The molecule has 0 saturated heterocycles. The van der Waals surface area contributed by atoms with E-state index in [4.69, 9.17) is 5.11 Å². The second-order valence-electron chi connectivity index (χ2n) is 3.32. The lowest BCUT2D eigenvalue weighted by Crippen LogP contribution is -1.91. The number of halogens is 1. The number of aliphatic hydroxyl groups excluding tert-OH is 1. The summed E-state index contributed by atoms with van der Waals surface area (Å²) < 4.78 is 12.6. The highest BCUT2D eigenvalue weighted by Crippen LogP contribution is 2.08. The highest BCUT2D eigenvalue weighted by molar-refractivity contribution is 5.20. The number of nitrogens with zero attached hydrogens (tertiary/aromatic N) is 1. The Balaban J connectivity index is 2.11. The van der Waals surface area contributed by atoms with Gasteiger partial charge in [0.25, 0.3) is 0 Å². The Bertz CT molecular complexity index is 436. The minimum Gasteiger partial charge on any atom is -0.390 e. The fourth-order valence-electron chi connectivity index (χ4n) is 1.37. The van der Waals surface area contributed by atoms with Crippen molar-refractivity contribution >= 4 is 0 Å². The van der Waals surface area contributed by atoms with Crippen molar-refractivity contribution in [1.82, 2.24) is 9.97 Å². The summed E-state index contributed by atoms with van der Waals surface area (Å²) in [4.78, 5) is 7.07. The van der Waals surface area contributed by atoms with E-state index in [-0.39, 0.29) is 12.4 Å². The second kappa shape index (κ2) is 4.23. The Hall–Kier alpha value is -1.68. The van der Waals surface area contributed by atoms with Crippen molar-refractivity contribution in [1.29, 1.82) is 0 Å². The normalized spacial score (nSPS) is 10.5. The molecule has 0 aliphatic rings. The third-order valence-corrected chi connectivity index (χ3v) is 2.14. The molecule has 78 valence electrons. The minimum absolute atomic E-state index is 0.0452. The Morgan fingerprint density at radius 1 is 1.27 bits per heavy atom. The Labute approximate surface area is 86.6 Å². The van der Waals surface area contributed by atoms with Crippen LogP contribution in [0.2, 0.25) is 0 Å². The van der Waals surface area contributed by atoms with Gasteiger partial charge in [0.05, 0.1) is 18.5 Å². The molecule has 0 bridgehead atoms. The molecule has 0 fully saturated rings. The monoisotopic (exact) mass is 206 g/mol. The second-order valence-corrected chi connectivity index (χ2v) is 3.32. The number of benzene rings is 1. The van der Waals surface area contributed by atoms with Crippen molar-refractivity contribution in [2.45, 2.75) is 13.0 Å². The molecule has 15 heavy (non-hydrogen) atoms. The first-order valence-electron chi connectivity index (χ1n) is 4.66. The molecule has 0 unspecified atom stereocenters. The van der Waals surface area contributed by atoms with Gasteiger partial charge in [-0.05, 0) is 17.7 Å². The van der Waals surface area contributed by atoms with Crippen molar-refractivity contribution in [2.24, 2.45) is 0 Å². The van der Waals surface area contributed by atoms with E-state index in [1.54, 1.807) is 18.3 Å². The highest BCUT2D eigenvalue weighted by atomic mass is 19.1. The summed E-state index contributed by atoms with van der Waals surface area (Å²) in [6, 6.07) is 6.28. The molecule has 1 aromatic heterocycles. The van der Waals surface area contributed by atoms with Crippen molar-refractivity contribution in [2.75, 3.05) is 0 Å². The van der Waals surface area contributed by atoms with Crippen molar-refractivity contribution < 1.29 is 9.50 Å². The zero-order chi connectivity index (χ0) is 10.7. The first-order chi connectivity index (χ1) is 7.28. The SMILES string of the molecule is OCc1cnc(Cc2ccc(F)cc2)[nH]1. The highest BCUT2D eigenvalue weighted by Gasteiger charge is 2.01. The zero-order valence-electron chi connectivity index (χ0n) is 8.07. The topological polar surface area (TPSA) is 48.9 Å². The molecule has 0 saturated carbocycles.